The molecule has 0 aliphatic carbocycles. The van der Waals surface area contributed by atoms with Gasteiger partial charge < -0.3 is 10.2 Å². The van der Waals surface area contributed by atoms with E-state index in [-0.39, 0.29) is 0 Å². The number of nitrogens with one attached hydrogen (secondary N) is 1. The molecular weight excluding hydrogens is 264 g/mol. The first kappa shape index (κ1) is 16.0. The molecule has 1 aliphatic heterocycles. The van der Waals surface area contributed by atoms with Gasteiger partial charge >= 0.3 is 0 Å². The Balaban J connectivity index is 1.82. The van der Waals surface area contributed by atoms with Crippen molar-refractivity contribution in [2.75, 3.05) is 19.6 Å². The number of piperidine rings is 1. The Bertz CT molecular complexity index is 417. The number of thiophene rings is 1. The summed E-state index contributed by atoms with van der Waals surface area (Å²) in [6.45, 7) is 15.2. The molecule has 0 radical (unpaired) electrons. The zero-order valence-corrected chi connectivity index (χ0v) is 14.5. The molecule has 0 spiro atoms. The van der Waals surface area contributed by atoms with Crippen LogP contribution in [0.1, 0.15) is 55.0 Å². The molecule has 1 N–H and O–H groups in total. The predicted octanol–water partition coefficient (Wildman–Crippen LogP) is 4.14. The molecule has 0 amide bonds. The SMILES string of the molecule is Cc1cc(C(C)NC2CCN(CC(C)C)CC2)c(C)s1. The van der Waals surface area contributed by atoms with Gasteiger partial charge in [0.2, 0.25) is 0 Å². The van der Waals surface area contributed by atoms with Gasteiger partial charge in [0.25, 0.3) is 0 Å². The first-order valence-electron chi connectivity index (χ1n) is 8.01. The fourth-order valence-corrected chi connectivity index (χ4v) is 4.34. The van der Waals surface area contributed by atoms with Gasteiger partial charge in [-0.3, -0.25) is 0 Å². The molecule has 3 heteroatoms. The largest absolute Gasteiger partial charge is 0.307 e. The standard InChI is InChI=1S/C17H30N2S/c1-12(2)11-19-8-6-16(7-9-19)18-14(4)17-10-13(3)20-15(17)5/h10,12,14,16,18H,6-9,11H2,1-5H3. The number of rotatable bonds is 5. The van der Waals surface area contributed by atoms with Gasteiger partial charge in [-0.15, -0.1) is 11.3 Å². The van der Waals surface area contributed by atoms with Crippen molar-refractivity contribution in [1.29, 1.82) is 0 Å². The number of aryl methyl sites for hydroxylation is 2. The first-order chi connectivity index (χ1) is 9.45. The Kier molecular flexibility index (Phi) is 5.65. The molecule has 1 unspecified atom stereocenters. The maximum atomic E-state index is 3.84. The predicted molar refractivity (Wildman–Crippen MR) is 89.6 cm³/mol. The fourth-order valence-electron chi connectivity index (χ4n) is 3.32. The van der Waals surface area contributed by atoms with Crippen LogP contribution in [0.25, 0.3) is 0 Å². The van der Waals surface area contributed by atoms with Crippen LogP contribution in [0.5, 0.6) is 0 Å². The summed E-state index contributed by atoms with van der Waals surface area (Å²) in [6, 6.07) is 3.53. The van der Waals surface area contributed by atoms with E-state index >= 15 is 0 Å². The van der Waals surface area contributed by atoms with Crippen LogP contribution in [0.3, 0.4) is 0 Å². The third-order valence-corrected chi connectivity index (χ3v) is 5.22. The van der Waals surface area contributed by atoms with Gasteiger partial charge in [0.15, 0.2) is 0 Å². The summed E-state index contributed by atoms with van der Waals surface area (Å²) >= 11 is 1.92. The van der Waals surface area contributed by atoms with Crippen molar-refractivity contribution in [3.05, 3.63) is 21.4 Å². The molecule has 1 aliphatic rings. The topological polar surface area (TPSA) is 15.3 Å². The molecule has 1 aromatic rings. The number of hydrogen-bond acceptors (Lipinski definition) is 3. The molecule has 0 bridgehead atoms. The lowest BCUT2D eigenvalue weighted by Gasteiger charge is -2.34. The van der Waals surface area contributed by atoms with Gasteiger partial charge in [-0.1, -0.05) is 13.8 Å². The highest BCUT2D eigenvalue weighted by molar-refractivity contribution is 7.12. The summed E-state index contributed by atoms with van der Waals surface area (Å²) in [7, 11) is 0. The van der Waals surface area contributed by atoms with Crippen LogP contribution in [0.2, 0.25) is 0 Å². The average molecular weight is 295 g/mol. The van der Waals surface area contributed by atoms with Crippen LogP contribution < -0.4 is 5.32 Å². The Morgan fingerprint density at radius 2 is 1.90 bits per heavy atom. The normalized spacial score (nSPS) is 19.7. The lowest BCUT2D eigenvalue weighted by Crippen LogP contribution is -2.44. The van der Waals surface area contributed by atoms with Crippen LogP contribution in [0, 0.1) is 19.8 Å². The van der Waals surface area contributed by atoms with E-state index in [0.29, 0.717) is 12.1 Å². The zero-order chi connectivity index (χ0) is 14.7. The van der Waals surface area contributed by atoms with Crippen LogP contribution in [0.4, 0.5) is 0 Å². The molecule has 2 heterocycles. The van der Waals surface area contributed by atoms with Gasteiger partial charge in [0.1, 0.15) is 0 Å². The van der Waals surface area contributed by atoms with Crippen molar-refractivity contribution >= 4 is 11.3 Å². The highest BCUT2D eigenvalue weighted by atomic mass is 32.1. The summed E-state index contributed by atoms with van der Waals surface area (Å²) in [5.74, 6) is 0.787. The van der Waals surface area contributed by atoms with E-state index in [4.69, 9.17) is 0 Å². The molecular formula is C17H30N2S. The van der Waals surface area contributed by atoms with Crippen molar-refractivity contribution in [2.24, 2.45) is 5.92 Å². The lowest BCUT2D eigenvalue weighted by molar-refractivity contribution is 0.175. The molecule has 1 atom stereocenters. The number of nitrogens with zero attached hydrogens (tertiary/aromatic N) is 1. The Morgan fingerprint density at radius 1 is 1.25 bits per heavy atom. The van der Waals surface area contributed by atoms with E-state index in [2.05, 4.69) is 50.9 Å². The average Bonchev–Trinajstić information content (AvgIpc) is 2.70. The minimum absolute atomic E-state index is 0.488. The van der Waals surface area contributed by atoms with Crippen LogP contribution in [-0.2, 0) is 0 Å². The van der Waals surface area contributed by atoms with E-state index < -0.39 is 0 Å². The second-order valence-corrected chi connectivity index (χ2v) is 8.19. The zero-order valence-electron chi connectivity index (χ0n) is 13.7. The van der Waals surface area contributed by atoms with E-state index in [1.165, 1.54) is 47.8 Å². The fraction of sp³-hybridized carbons (Fsp3) is 0.765. The molecule has 114 valence electrons. The summed E-state index contributed by atoms with van der Waals surface area (Å²) in [5, 5.41) is 3.84. The molecule has 0 aromatic carbocycles. The van der Waals surface area contributed by atoms with Crippen LogP contribution in [-0.4, -0.2) is 30.6 Å². The van der Waals surface area contributed by atoms with Crippen molar-refractivity contribution in [2.45, 2.75) is 59.5 Å². The van der Waals surface area contributed by atoms with E-state index in [1.54, 1.807) is 0 Å². The second-order valence-electron chi connectivity index (χ2n) is 6.73. The summed E-state index contributed by atoms with van der Waals surface area (Å²) in [5.41, 5.74) is 1.50. The minimum atomic E-state index is 0.488. The third-order valence-electron chi connectivity index (χ3n) is 4.24. The summed E-state index contributed by atoms with van der Waals surface area (Å²) in [4.78, 5) is 5.52. The maximum absolute atomic E-state index is 3.84. The molecule has 1 saturated heterocycles. The highest BCUT2D eigenvalue weighted by Gasteiger charge is 2.22. The Morgan fingerprint density at radius 3 is 2.40 bits per heavy atom. The lowest BCUT2D eigenvalue weighted by atomic mass is 10.0. The molecule has 1 aromatic heterocycles. The summed E-state index contributed by atoms with van der Waals surface area (Å²) < 4.78 is 0. The van der Waals surface area contributed by atoms with E-state index in [0.717, 1.165) is 5.92 Å². The molecule has 0 saturated carbocycles. The maximum Gasteiger partial charge on any atom is 0.0305 e. The van der Waals surface area contributed by atoms with E-state index in [1.807, 2.05) is 11.3 Å². The van der Waals surface area contributed by atoms with Gasteiger partial charge in [0.05, 0.1) is 0 Å². The quantitative estimate of drug-likeness (QED) is 0.878. The monoisotopic (exact) mass is 294 g/mol. The van der Waals surface area contributed by atoms with E-state index in [9.17, 15) is 0 Å². The summed E-state index contributed by atoms with van der Waals surface area (Å²) in [6.07, 6.45) is 2.58. The van der Waals surface area contributed by atoms with Gasteiger partial charge in [-0.25, -0.2) is 0 Å². The molecule has 20 heavy (non-hydrogen) atoms. The van der Waals surface area contributed by atoms with Crippen molar-refractivity contribution in [3.63, 3.8) is 0 Å². The number of hydrogen-bond donors (Lipinski definition) is 1. The minimum Gasteiger partial charge on any atom is -0.307 e. The molecule has 2 rings (SSSR count). The first-order valence-corrected chi connectivity index (χ1v) is 8.82. The van der Waals surface area contributed by atoms with Gasteiger partial charge in [0, 0.05) is 28.4 Å². The highest BCUT2D eigenvalue weighted by Crippen LogP contribution is 2.27. The Hall–Kier alpha value is -0.380. The third kappa shape index (κ3) is 4.31. The second kappa shape index (κ2) is 7.06. The molecule has 2 nitrogen and oxygen atoms in total. The van der Waals surface area contributed by atoms with Crippen molar-refractivity contribution in [1.82, 2.24) is 10.2 Å². The smallest absolute Gasteiger partial charge is 0.0305 e. The van der Waals surface area contributed by atoms with Crippen molar-refractivity contribution in [3.8, 4) is 0 Å². The van der Waals surface area contributed by atoms with Gasteiger partial charge in [-0.2, -0.15) is 0 Å². The van der Waals surface area contributed by atoms with Crippen LogP contribution in [0.15, 0.2) is 6.07 Å². The van der Waals surface area contributed by atoms with Crippen molar-refractivity contribution < 1.29 is 0 Å². The molecule has 1 fully saturated rings. The number of likely N-dealkylation sites (tertiary alicyclic amines) is 1. The van der Waals surface area contributed by atoms with Gasteiger partial charge in [-0.05, 0) is 64.3 Å². The Labute approximate surface area is 128 Å². The van der Waals surface area contributed by atoms with Crippen LogP contribution >= 0.6 is 11.3 Å².